The zero-order valence-corrected chi connectivity index (χ0v) is 14.9. The lowest BCUT2D eigenvalue weighted by atomic mass is 9.90. The van der Waals surface area contributed by atoms with Crippen molar-refractivity contribution in [3.63, 3.8) is 0 Å². The first-order valence-electron chi connectivity index (χ1n) is 6.76. The average molecular weight is 382 g/mol. The fourth-order valence-electron chi connectivity index (χ4n) is 2.02. The third-order valence-electron chi connectivity index (χ3n) is 3.28. The van der Waals surface area contributed by atoms with Crippen molar-refractivity contribution in [2.75, 3.05) is 0 Å². The zero-order valence-electron chi connectivity index (χ0n) is 12.5. The van der Waals surface area contributed by atoms with Crippen molar-refractivity contribution >= 4 is 37.4 Å². The van der Waals surface area contributed by atoms with Gasteiger partial charge in [0.15, 0.2) is 5.78 Å². The van der Waals surface area contributed by atoms with Gasteiger partial charge in [-0.1, -0.05) is 29.8 Å². The van der Waals surface area contributed by atoms with Crippen molar-refractivity contribution in [1.82, 2.24) is 0 Å². The van der Waals surface area contributed by atoms with E-state index in [-0.39, 0.29) is 16.6 Å². The van der Waals surface area contributed by atoms with Gasteiger partial charge in [-0.15, -0.1) is 0 Å². The van der Waals surface area contributed by atoms with Crippen LogP contribution in [0.5, 0.6) is 0 Å². The first-order chi connectivity index (χ1) is 10.2. The van der Waals surface area contributed by atoms with Gasteiger partial charge in [0.1, 0.15) is 0 Å². The number of halogens is 1. The van der Waals surface area contributed by atoms with Crippen LogP contribution in [0.15, 0.2) is 61.3 Å². The second kappa shape index (κ2) is 6.30. The number of carbonyl (C=O) groups excluding carboxylic acids is 1. The highest BCUT2D eigenvalue weighted by atomic mass is 79.9. The lowest BCUT2D eigenvalue weighted by Gasteiger charge is -2.16. The fraction of sp³-hybridized carbons (Fsp3) is 0.250. The van der Waals surface area contributed by atoms with Crippen molar-refractivity contribution in [2.24, 2.45) is 10.3 Å². The topological polar surface area (TPSA) is 63.6 Å². The van der Waals surface area contributed by atoms with E-state index < -0.39 is 10.0 Å². The SMILES string of the molecule is CC1=CC(=NS(=O)(=O)c2ccc(Br)cc2)C(C(C)C)=CC1=O. The predicted octanol–water partition coefficient (Wildman–Crippen LogP) is 3.69. The van der Waals surface area contributed by atoms with Crippen molar-refractivity contribution in [2.45, 2.75) is 25.7 Å². The average Bonchev–Trinajstić information content (AvgIpc) is 2.42. The molecule has 2 rings (SSSR count). The third-order valence-corrected chi connectivity index (χ3v) is 5.11. The van der Waals surface area contributed by atoms with Crippen LogP contribution in [0.4, 0.5) is 0 Å². The number of nitrogens with zero attached hydrogens (tertiary/aromatic N) is 1. The van der Waals surface area contributed by atoms with Gasteiger partial charge >= 0.3 is 0 Å². The van der Waals surface area contributed by atoms with Crippen LogP contribution in [-0.2, 0) is 14.8 Å². The Labute approximate surface area is 138 Å². The molecule has 0 saturated carbocycles. The molecule has 1 aliphatic carbocycles. The summed E-state index contributed by atoms with van der Waals surface area (Å²) < 4.78 is 29.6. The summed E-state index contributed by atoms with van der Waals surface area (Å²) in [6.45, 7) is 5.45. The standard InChI is InChI=1S/C16H16BrNO3S/c1-10(2)14-9-16(19)11(3)8-15(14)18-22(20,21)13-6-4-12(17)5-7-13/h4-10H,1-3H3. The fourth-order valence-corrected chi connectivity index (χ4v) is 3.29. The van der Waals surface area contributed by atoms with E-state index in [4.69, 9.17) is 0 Å². The first-order valence-corrected chi connectivity index (χ1v) is 8.99. The molecule has 116 valence electrons. The van der Waals surface area contributed by atoms with E-state index in [2.05, 4.69) is 20.3 Å². The molecule has 0 atom stereocenters. The number of carbonyl (C=O) groups is 1. The maximum Gasteiger partial charge on any atom is 0.282 e. The highest BCUT2D eigenvalue weighted by Crippen LogP contribution is 2.23. The minimum Gasteiger partial charge on any atom is -0.290 e. The zero-order chi connectivity index (χ0) is 16.5. The van der Waals surface area contributed by atoms with E-state index >= 15 is 0 Å². The molecular weight excluding hydrogens is 366 g/mol. The molecule has 0 unspecified atom stereocenters. The largest absolute Gasteiger partial charge is 0.290 e. The van der Waals surface area contributed by atoms with E-state index in [1.807, 2.05) is 13.8 Å². The smallest absolute Gasteiger partial charge is 0.282 e. The molecule has 0 radical (unpaired) electrons. The molecule has 0 N–H and O–H groups in total. The van der Waals surface area contributed by atoms with Gasteiger partial charge in [0.25, 0.3) is 10.0 Å². The number of benzene rings is 1. The lowest BCUT2D eigenvalue weighted by Crippen LogP contribution is -2.17. The molecule has 0 bridgehead atoms. The Balaban J connectivity index is 2.52. The van der Waals surface area contributed by atoms with Gasteiger partial charge in [-0.3, -0.25) is 4.79 Å². The Hall–Kier alpha value is -1.53. The minimum absolute atomic E-state index is 0.00664. The maximum atomic E-state index is 12.4. The van der Waals surface area contributed by atoms with E-state index in [9.17, 15) is 13.2 Å². The van der Waals surface area contributed by atoms with Crippen LogP contribution in [0, 0.1) is 5.92 Å². The summed E-state index contributed by atoms with van der Waals surface area (Å²) >= 11 is 3.27. The summed E-state index contributed by atoms with van der Waals surface area (Å²) in [5.41, 5.74) is 1.44. The Morgan fingerprint density at radius 1 is 1.09 bits per heavy atom. The third kappa shape index (κ3) is 3.62. The first kappa shape index (κ1) is 16.8. The minimum atomic E-state index is -3.81. The van der Waals surface area contributed by atoms with Crippen molar-refractivity contribution in [3.8, 4) is 0 Å². The summed E-state index contributed by atoms with van der Waals surface area (Å²) in [5, 5.41) is 0. The van der Waals surface area contributed by atoms with Gasteiger partial charge < -0.3 is 0 Å². The molecule has 0 amide bonds. The molecule has 0 aromatic heterocycles. The molecular formula is C16H16BrNO3S. The van der Waals surface area contributed by atoms with E-state index in [0.717, 1.165) is 4.47 Å². The Bertz CT molecular complexity index is 800. The lowest BCUT2D eigenvalue weighted by molar-refractivity contribution is -0.111. The maximum absolute atomic E-state index is 12.4. The summed E-state index contributed by atoms with van der Waals surface area (Å²) in [5.74, 6) is -0.101. The van der Waals surface area contributed by atoms with Gasteiger partial charge in [-0.2, -0.15) is 12.8 Å². The quantitative estimate of drug-likeness (QED) is 0.749. The summed E-state index contributed by atoms with van der Waals surface area (Å²) in [6.07, 6.45) is 3.00. The number of ketones is 1. The van der Waals surface area contributed by atoms with Crippen molar-refractivity contribution in [3.05, 3.63) is 52.0 Å². The summed E-state index contributed by atoms with van der Waals surface area (Å²) in [4.78, 5) is 11.9. The van der Waals surface area contributed by atoms with Gasteiger partial charge in [-0.05, 0) is 60.4 Å². The molecule has 0 fully saturated rings. The van der Waals surface area contributed by atoms with E-state index in [0.29, 0.717) is 16.9 Å². The van der Waals surface area contributed by atoms with Crippen LogP contribution in [0.3, 0.4) is 0 Å². The van der Waals surface area contributed by atoms with Gasteiger partial charge in [-0.25, -0.2) is 0 Å². The molecule has 4 nitrogen and oxygen atoms in total. The van der Waals surface area contributed by atoms with E-state index in [1.165, 1.54) is 24.3 Å². The number of rotatable bonds is 3. The van der Waals surface area contributed by atoms with Crippen LogP contribution >= 0.6 is 15.9 Å². The molecule has 0 spiro atoms. The van der Waals surface area contributed by atoms with Crippen LogP contribution < -0.4 is 0 Å². The van der Waals surface area contributed by atoms with Gasteiger partial charge in [0.05, 0.1) is 10.6 Å². The summed E-state index contributed by atoms with van der Waals surface area (Å²) in [7, 11) is -3.81. The van der Waals surface area contributed by atoms with Crippen molar-refractivity contribution < 1.29 is 13.2 Å². The molecule has 6 heteroatoms. The molecule has 1 aromatic rings. The van der Waals surface area contributed by atoms with Gasteiger partial charge in [0, 0.05) is 4.47 Å². The van der Waals surface area contributed by atoms with Crippen LogP contribution in [0.1, 0.15) is 20.8 Å². The monoisotopic (exact) mass is 381 g/mol. The highest BCUT2D eigenvalue weighted by molar-refractivity contribution is 9.10. The van der Waals surface area contributed by atoms with Crippen LogP contribution in [-0.4, -0.2) is 19.9 Å². The second-order valence-electron chi connectivity index (χ2n) is 5.35. The van der Waals surface area contributed by atoms with E-state index in [1.54, 1.807) is 19.1 Å². The molecule has 0 aliphatic heterocycles. The predicted molar refractivity (Wildman–Crippen MR) is 90.4 cm³/mol. The number of sulfonamides is 1. The Kier molecular flexibility index (Phi) is 4.82. The Morgan fingerprint density at radius 3 is 2.23 bits per heavy atom. The number of allylic oxidation sites excluding steroid dienone is 4. The van der Waals surface area contributed by atoms with Crippen LogP contribution in [0.2, 0.25) is 0 Å². The van der Waals surface area contributed by atoms with Crippen LogP contribution in [0.25, 0.3) is 0 Å². The van der Waals surface area contributed by atoms with Crippen molar-refractivity contribution in [1.29, 1.82) is 0 Å². The number of hydrogen-bond donors (Lipinski definition) is 0. The highest BCUT2D eigenvalue weighted by Gasteiger charge is 2.22. The number of hydrogen-bond acceptors (Lipinski definition) is 3. The Morgan fingerprint density at radius 2 is 1.68 bits per heavy atom. The summed E-state index contributed by atoms with van der Waals surface area (Å²) in [6, 6.07) is 6.29. The normalized spacial score (nSPS) is 17.7. The molecule has 0 saturated heterocycles. The molecule has 1 aromatic carbocycles. The molecule has 0 heterocycles. The van der Waals surface area contributed by atoms with Gasteiger partial charge in [0.2, 0.25) is 0 Å². The molecule has 22 heavy (non-hydrogen) atoms. The second-order valence-corrected chi connectivity index (χ2v) is 7.87. The molecule has 1 aliphatic rings.